The predicted octanol–water partition coefficient (Wildman–Crippen LogP) is 2.09. The average Bonchev–Trinajstić information content (AvgIpc) is 2.39. The van der Waals surface area contributed by atoms with E-state index >= 15 is 0 Å². The minimum absolute atomic E-state index is 0.0653. The Hall–Kier alpha value is -2.18. The van der Waals surface area contributed by atoms with Gasteiger partial charge >= 0.3 is 0 Å². The summed E-state index contributed by atoms with van der Waals surface area (Å²) in [5.74, 6) is 0.0829. The zero-order valence-corrected chi connectivity index (χ0v) is 11.4. The fourth-order valence-electron chi connectivity index (χ4n) is 1.94. The van der Waals surface area contributed by atoms with Gasteiger partial charge in [0.1, 0.15) is 17.6 Å². The summed E-state index contributed by atoms with van der Waals surface area (Å²) >= 11 is 0. The smallest absolute Gasteiger partial charge is 0.300 e. The summed E-state index contributed by atoms with van der Waals surface area (Å²) in [5, 5.41) is 16.8. The fraction of sp³-hybridized carbons (Fsp3) is 0.538. The maximum atomic E-state index is 12.1. The highest BCUT2D eigenvalue weighted by molar-refractivity contribution is 5.98. The molecule has 2 N–H and O–H groups in total. The molecule has 108 valence electrons. The van der Waals surface area contributed by atoms with Gasteiger partial charge in [0, 0.05) is 18.7 Å². The Morgan fingerprint density at radius 2 is 2.30 bits per heavy atom. The van der Waals surface area contributed by atoms with Crippen LogP contribution in [0.1, 0.15) is 43.0 Å². The molecule has 20 heavy (non-hydrogen) atoms. The van der Waals surface area contributed by atoms with E-state index in [4.69, 9.17) is 0 Å². The number of hydrogen-bond donors (Lipinski definition) is 2. The second-order valence-electron chi connectivity index (χ2n) is 4.87. The minimum atomic E-state index is -0.577. The molecular formula is C13H18N4O3. The van der Waals surface area contributed by atoms with Gasteiger partial charge in [-0.1, -0.05) is 6.92 Å². The zero-order valence-electron chi connectivity index (χ0n) is 11.4. The summed E-state index contributed by atoms with van der Waals surface area (Å²) in [7, 11) is 0. The lowest BCUT2D eigenvalue weighted by Gasteiger charge is -2.26. The number of carbonyl (C=O) groups is 1. The first-order valence-corrected chi connectivity index (χ1v) is 6.81. The number of aromatic nitrogens is 1. The molecule has 1 heterocycles. The lowest BCUT2D eigenvalue weighted by Crippen LogP contribution is -2.39. The Balaban J connectivity index is 2.20. The number of pyridine rings is 1. The largest absolute Gasteiger partial charge is 0.370 e. The molecule has 2 rings (SSSR count). The minimum Gasteiger partial charge on any atom is -0.370 e. The molecule has 0 aromatic carbocycles. The second kappa shape index (κ2) is 6.31. The van der Waals surface area contributed by atoms with Gasteiger partial charge in [-0.15, -0.1) is 0 Å². The normalized spacial score (nSPS) is 14.4. The van der Waals surface area contributed by atoms with Crippen molar-refractivity contribution in [2.45, 2.75) is 38.6 Å². The van der Waals surface area contributed by atoms with Crippen LogP contribution in [0.2, 0.25) is 0 Å². The van der Waals surface area contributed by atoms with Crippen LogP contribution in [-0.4, -0.2) is 28.4 Å². The molecule has 0 bridgehead atoms. The first kappa shape index (κ1) is 14.2. The third kappa shape index (κ3) is 3.23. The van der Waals surface area contributed by atoms with Crippen molar-refractivity contribution in [3.05, 3.63) is 27.9 Å². The van der Waals surface area contributed by atoms with Crippen molar-refractivity contribution in [1.29, 1.82) is 0 Å². The first-order chi connectivity index (χ1) is 9.61. The quantitative estimate of drug-likeness (QED) is 0.613. The SMILES string of the molecule is CCCNc1cc(C(=O)NC2CCC2)c([N+](=O)[O-])cn1. The van der Waals surface area contributed by atoms with Crippen LogP contribution >= 0.6 is 0 Å². The summed E-state index contributed by atoms with van der Waals surface area (Å²) in [4.78, 5) is 26.5. The molecule has 0 aliphatic heterocycles. The maximum absolute atomic E-state index is 12.1. The van der Waals surface area contributed by atoms with Gasteiger partial charge in [-0.2, -0.15) is 0 Å². The number of anilines is 1. The number of amides is 1. The summed E-state index contributed by atoms with van der Waals surface area (Å²) in [6.45, 7) is 2.71. The molecule has 1 aliphatic rings. The van der Waals surface area contributed by atoms with E-state index in [1.165, 1.54) is 6.07 Å². The van der Waals surface area contributed by atoms with Crippen LogP contribution in [0.4, 0.5) is 11.5 Å². The number of nitro groups is 1. The Labute approximate surface area is 116 Å². The van der Waals surface area contributed by atoms with Gasteiger partial charge < -0.3 is 10.6 Å². The monoisotopic (exact) mass is 278 g/mol. The van der Waals surface area contributed by atoms with Crippen molar-refractivity contribution in [1.82, 2.24) is 10.3 Å². The molecule has 1 fully saturated rings. The van der Waals surface area contributed by atoms with Crippen LogP contribution in [0.15, 0.2) is 12.3 Å². The van der Waals surface area contributed by atoms with E-state index < -0.39 is 10.8 Å². The number of carbonyl (C=O) groups excluding carboxylic acids is 1. The van der Waals surface area contributed by atoms with Gasteiger partial charge in [-0.3, -0.25) is 14.9 Å². The van der Waals surface area contributed by atoms with Gasteiger partial charge in [-0.05, 0) is 25.7 Å². The van der Waals surface area contributed by atoms with Crippen molar-refractivity contribution >= 4 is 17.4 Å². The van der Waals surface area contributed by atoms with Gasteiger partial charge in [-0.25, -0.2) is 4.98 Å². The summed E-state index contributed by atoms with van der Waals surface area (Å²) < 4.78 is 0. The number of hydrogen-bond acceptors (Lipinski definition) is 5. The van der Waals surface area contributed by atoms with Crippen LogP contribution in [0.5, 0.6) is 0 Å². The Kier molecular flexibility index (Phi) is 4.49. The van der Waals surface area contributed by atoms with E-state index in [1.807, 2.05) is 6.92 Å². The van der Waals surface area contributed by atoms with E-state index in [9.17, 15) is 14.9 Å². The Bertz CT molecular complexity index is 514. The van der Waals surface area contributed by atoms with Crippen molar-refractivity contribution in [2.24, 2.45) is 0 Å². The molecule has 1 saturated carbocycles. The van der Waals surface area contributed by atoms with Gasteiger partial charge in [0.15, 0.2) is 0 Å². The highest BCUT2D eigenvalue weighted by Gasteiger charge is 2.25. The van der Waals surface area contributed by atoms with Crippen LogP contribution in [0.3, 0.4) is 0 Å². The van der Waals surface area contributed by atoms with Crippen LogP contribution in [0, 0.1) is 10.1 Å². The summed E-state index contributed by atoms with van der Waals surface area (Å²) in [5.41, 5.74) is -0.195. The second-order valence-corrected chi connectivity index (χ2v) is 4.87. The molecule has 0 spiro atoms. The predicted molar refractivity (Wildman–Crippen MR) is 74.8 cm³/mol. The maximum Gasteiger partial charge on any atom is 0.300 e. The highest BCUT2D eigenvalue weighted by Crippen LogP contribution is 2.23. The molecule has 1 aromatic rings. The summed E-state index contributed by atoms with van der Waals surface area (Å²) in [6.07, 6.45) is 5.00. The first-order valence-electron chi connectivity index (χ1n) is 6.81. The number of nitrogens with one attached hydrogen (secondary N) is 2. The topological polar surface area (TPSA) is 97.2 Å². The van der Waals surface area contributed by atoms with Gasteiger partial charge in [0.05, 0.1) is 4.92 Å². The molecule has 7 nitrogen and oxygen atoms in total. The van der Waals surface area contributed by atoms with Crippen LogP contribution in [-0.2, 0) is 0 Å². The lowest BCUT2D eigenvalue weighted by atomic mass is 9.93. The van der Waals surface area contributed by atoms with Crippen molar-refractivity contribution < 1.29 is 9.72 Å². The third-order valence-corrected chi connectivity index (χ3v) is 3.32. The Morgan fingerprint density at radius 1 is 1.55 bits per heavy atom. The van der Waals surface area contributed by atoms with Gasteiger partial charge in [0.25, 0.3) is 11.6 Å². The van der Waals surface area contributed by atoms with E-state index in [1.54, 1.807) is 0 Å². The highest BCUT2D eigenvalue weighted by atomic mass is 16.6. The average molecular weight is 278 g/mol. The van der Waals surface area contributed by atoms with Gasteiger partial charge in [0.2, 0.25) is 0 Å². The van der Waals surface area contributed by atoms with E-state index in [-0.39, 0.29) is 17.3 Å². The fourth-order valence-corrected chi connectivity index (χ4v) is 1.94. The van der Waals surface area contributed by atoms with Crippen molar-refractivity contribution in [2.75, 3.05) is 11.9 Å². The standard InChI is InChI=1S/C13H18N4O3/c1-2-6-14-12-7-10(11(8-15-12)17(19)20)13(18)16-9-4-3-5-9/h7-9H,2-6H2,1H3,(H,14,15)(H,16,18). The Morgan fingerprint density at radius 3 is 2.85 bits per heavy atom. The lowest BCUT2D eigenvalue weighted by molar-refractivity contribution is -0.385. The molecular weight excluding hydrogens is 260 g/mol. The van der Waals surface area contributed by atoms with Crippen LogP contribution in [0.25, 0.3) is 0 Å². The van der Waals surface area contributed by atoms with E-state index in [0.717, 1.165) is 31.9 Å². The molecule has 1 amide bonds. The summed E-state index contributed by atoms with van der Waals surface area (Å²) in [6, 6.07) is 1.59. The zero-order chi connectivity index (χ0) is 14.5. The van der Waals surface area contributed by atoms with Crippen molar-refractivity contribution in [3.8, 4) is 0 Å². The molecule has 0 radical (unpaired) electrons. The van der Waals surface area contributed by atoms with E-state index in [0.29, 0.717) is 12.4 Å². The molecule has 0 saturated heterocycles. The molecule has 1 aliphatic carbocycles. The molecule has 7 heteroatoms. The van der Waals surface area contributed by atoms with E-state index in [2.05, 4.69) is 15.6 Å². The molecule has 0 atom stereocenters. The number of rotatable bonds is 6. The van der Waals surface area contributed by atoms with Crippen LogP contribution < -0.4 is 10.6 Å². The number of nitrogens with zero attached hydrogens (tertiary/aromatic N) is 2. The third-order valence-electron chi connectivity index (χ3n) is 3.32. The molecule has 0 unspecified atom stereocenters. The molecule has 1 aromatic heterocycles. The van der Waals surface area contributed by atoms with Crippen molar-refractivity contribution in [3.63, 3.8) is 0 Å².